The minimum Gasteiger partial charge on any atom is -0.344 e. The van der Waals surface area contributed by atoms with E-state index in [1.165, 1.54) is 49.7 Å². The van der Waals surface area contributed by atoms with Crippen LogP contribution in [0.15, 0.2) is 35.4 Å². The molecule has 7 nitrogen and oxygen atoms in total. The van der Waals surface area contributed by atoms with E-state index in [-0.39, 0.29) is 23.4 Å². The number of piperazine rings is 1. The van der Waals surface area contributed by atoms with Crippen molar-refractivity contribution >= 4 is 23.4 Å². The highest BCUT2D eigenvalue weighted by molar-refractivity contribution is 6.30. The van der Waals surface area contributed by atoms with Crippen LogP contribution in [0, 0.1) is 5.92 Å². The largest absolute Gasteiger partial charge is 0.344 e. The molecule has 1 aromatic rings. The number of nitrogens with zero attached hydrogens (tertiary/aromatic N) is 3. The van der Waals surface area contributed by atoms with Crippen LogP contribution in [-0.4, -0.2) is 97.0 Å². The first kappa shape index (κ1) is 34.0. The zero-order chi connectivity index (χ0) is 31.0. The Balaban J connectivity index is 1.42. The predicted molar refractivity (Wildman–Crippen MR) is 177 cm³/mol. The van der Waals surface area contributed by atoms with Crippen molar-refractivity contribution in [3.63, 3.8) is 0 Å². The molecular weight excluding hydrogens is 558 g/mol. The fraction of sp³-hybridized carbons (Fsp3) is 0.714. The monoisotopic (exact) mass is 613 g/mol. The van der Waals surface area contributed by atoms with E-state index >= 15 is 0 Å². The van der Waals surface area contributed by atoms with E-state index < -0.39 is 6.04 Å². The highest BCUT2D eigenvalue weighted by Gasteiger charge is 2.38. The minimum absolute atomic E-state index is 0.0190. The maximum Gasteiger partial charge on any atom is 0.245 e. The van der Waals surface area contributed by atoms with Crippen LogP contribution >= 0.6 is 11.6 Å². The van der Waals surface area contributed by atoms with E-state index in [9.17, 15) is 9.59 Å². The van der Waals surface area contributed by atoms with Crippen molar-refractivity contribution < 1.29 is 9.59 Å². The SMILES string of the molecule is CCN(C)CCC(C)(CC1CCCCC1)N1CCN(C(=O)C(Cc2ccc(Cl)cc2)NC(=O)CC2NCC(C)=C2C)CC1. The molecular formula is C35H56ClN5O2. The number of halogens is 1. The zero-order valence-electron chi connectivity index (χ0n) is 27.4. The summed E-state index contributed by atoms with van der Waals surface area (Å²) >= 11 is 6.13. The Hall–Kier alpha value is -1.93. The van der Waals surface area contributed by atoms with Crippen molar-refractivity contribution in [2.45, 2.75) is 103 Å². The lowest BCUT2D eigenvalue weighted by Gasteiger charge is -2.48. The Morgan fingerprint density at radius 1 is 1.09 bits per heavy atom. The summed E-state index contributed by atoms with van der Waals surface area (Å²) in [5, 5.41) is 7.22. The van der Waals surface area contributed by atoms with Crippen LogP contribution in [0.1, 0.15) is 84.6 Å². The summed E-state index contributed by atoms with van der Waals surface area (Å²) in [5.74, 6) is 0.740. The van der Waals surface area contributed by atoms with Gasteiger partial charge in [-0.2, -0.15) is 0 Å². The fourth-order valence-electron chi connectivity index (χ4n) is 7.27. The normalized spacial score (nSPS) is 22.6. The van der Waals surface area contributed by atoms with Gasteiger partial charge in [-0.3, -0.25) is 14.5 Å². The second kappa shape index (κ2) is 15.9. The number of amides is 2. The smallest absolute Gasteiger partial charge is 0.245 e. The molecule has 2 heterocycles. The summed E-state index contributed by atoms with van der Waals surface area (Å²) in [6.45, 7) is 15.0. The van der Waals surface area contributed by atoms with Crippen LogP contribution in [0.3, 0.4) is 0 Å². The number of hydrogen-bond acceptors (Lipinski definition) is 5. The molecule has 3 atom stereocenters. The molecule has 2 fully saturated rings. The molecule has 1 saturated carbocycles. The number of benzene rings is 1. The van der Waals surface area contributed by atoms with E-state index in [4.69, 9.17) is 11.6 Å². The molecule has 1 aromatic carbocycles. The summed E-state index contributed by atoms with van der Waals surface area (Å²) in [6.07, 6.45) is 10.0. The summed E-state index contributed by atoms with van der Waals surface area (Å²) < 4.78 is 0. The molecule has 43 heavy (non-hydrogen) atoms. The van der Waals surface area contributed by atoms with Crippen LogP contribution in [0.4, 0.5) is 0 Å². The van der Waals surface area contributed by atoms with Crippen molar-refractivity contribution in [1.82, 2.24) is 25.3 Å². The van der Waals surface area contributed by atoms with E-state index in [0.717, 1.165) is 50.6 Å². The molecule has 0 bridgehead atoms. The van der Waals surface area contributed by atoms with Crippen LogP contribution in [0.2, 0.25) is 5.02 Å². The number of rotatable bonds is 13. The quantitative estimate of drug-likeness (QED) is 0.296. The minimum atomic E-state index is -0.598. The average molecular weight is 614 g/mol. The van der Waals surface area contributed by atoms with E-state index in [1.807, 2.05) is 29.2 Å². The highest BCUT2D eigenvalue weighted by Crippen LogP contribution is 2.36. The molecule has 2 N–H and O–H groups in total. The van der Waals surface area contributed by atoms with Gasteiger partial charge in [0.25, 0.3) is 0 Å². The van der Waals surface area contributed by atoms with Crippen LogP contribution in [0.25, 0.3) is 0 Å². The Kier molecular flexibility index (Phi) is 12.5. The summed E-state index contributed by atoms with van der Waals surface area (Å²) in [7, 11) is 2.22. The molecule has 3 unspecified atom stereocenters. The molecule has 4 rings (SSSR count). The van der Waals surface area contributed by atoms with Crippen molar-refractivity contribution in [3.05, 3.63) is 46.0 Å². The Morgan fingerprint density at radius 3 is 2.37 bits per heavy atom. The first-order valence-corrected chi connectivity index (χ1v) is 17.1. The topological polar surface area (TPSA) is 67.9 Å². The lowest BCUT2D eigenvalue weighted by molar-refractivity contribution is -0.139. The first-order valence-electron chi connectivity index (χ1n) is 16.7. The Morgan fingerprint density at radius 2 is 1.77 bits per heavy atom. The maximum atomic E-state index is 14.0. The van der Waals surface area contributed by atoms with Gasteiger partial charge in [0.15, 0.2) is 0 Å². The van der Waals surface area contributed by atoms with Crippen molar-refractivity contribution in [3.8, 4) is 0 Å². The fourth-order valence-corrected chi connectivity index (χ4v) is 7.39. The second-order valence-corrected chi connectivity index (χ2v) is 14.2. The lowest BCUT2D eigenvalue weighted by Crippen LogP contribution is -2.60. The molecule has 2 aliphatic heterocycles. The third-order valence-electron chi connectivity index (χ3n) is 10.6. The summed E-state index contributed by atoms with van der Waals surface area (Å²) in [6, 6.07) is 7.03. The van der Waals surface area contributed by atoms with Crippen LogP contribution in [0.5, 0.6) is 0 Å². The van der Waals surface area contributed by atoms with Crippen molar-refractivity contribution in [2.75, 3.05) is 52.9 Å². The third-order valence-corrected chi connectivity index (χ3v) is 10.8. The van der Waals surface area contributed by atoms with E-state index in [1.54, 1.807) is 0 Å². The molecule has 1 aliphatic carbocycles. The number of hydrogen-bond donors (Lipinski definition) is 2. The van der Waals surface area contributed by atoms with Gasteiger partial charge in [-0.25, -0.2) is 0 Å². The van der Waals surface area contributed by atoms with Gasteiger partial charge >= 0.3 is 0 Å². The maximum absolute atomic E-state index is 14.0. The van der Waals surface area contributed by atoms with Gasteiger partial charge in [-0.05, 0) is 77.4 Å². The molecule has 240 valence electrons. The van der Waals surface area contributed by atoms with Crippen LogP contribution in [-0.2, 0) is 16.0 Å². The van der Waals surface area contributed by atoms with Gasteiger partial charge in [0, 0.05) is 62.2 Å². The Bertz CT molecular complexity index is 1090. The highest BCUT2D eigenvalue weighted by atomic mass is 35.5. The number of nitrogens with one attached hydrogen (secondary N) is 2. The van der Waals surface area contributed by atoms with Gasteiger partial charge in [-0.15, -0.1) is 0 Å². The second-order valence-electron chi connectivity index (χ2n) is 13.7. The number of carbonyl (C=O) groups excluding carboxylic acids is 2. The van der Waals surface area contributed by atoms with Gasteiger partial charge < -0.3 is 20.4 Å². The molecule has 0 radical (unpaired) electrons. The van der Waals surface area contributed by atoms with Gasteiger partial charge in [-0.1, -0.05) is 73.9 Å². The average Bonchev–Trinajstić information content (AvgIpc) is 3.32. The Labute approximate surface area is 265 Å². The summed E-state index contributed by atoms with van der Waals surface area (Å²) in [5.41, 5.74) is 3.65. The molecule has 0 aromatic heterocycles. The standard InChI is InChI=1S/C35H56ClN5O2/c1-6-39(5)17-16-35(4,24-29-10-8-7-9-11-29)41-20-18-40(19-21-41)34(43)32(22-28-12-14-30(36)15-13-28)38-33(42)23-31-27(3)26(2)25-37-31/h12-15,29,31-32,37H,6-11,16-25H2,1-5H3,(H,38,42). The van der Waals surface area contributed by atoms with Crippen molar-refractivity contribution in [1.29, 1.82) is 0 Å². The molecule has 8 heteroatoms. The predicted octanol–water partition coefficient (Wildman–Crippen LogP) is 5.28. The van der Waals surface area contributed by atoms with Gasteiger partial charge in [0.2, 0.25) is 11.8 Å². The molecule has 3 aliphatic rings. The zero-order valence-corrected chi connectivity index (χ0v) is 28.1. The molecule has 0 spiro atoms. The molecule has 2 amide bonds. The molecule has 1 saturated heterocycles. The van der Waals surface area contributed by atoms with Crippen molar-refractivity contribution in [2.24, 2.45) is 5.92 Å². The number of carbonyl (C=O) groups is 2. The lowest BCUT2D eigenvalue weighted by atomic mass is 9.77. The van der Waals surface area contributed by atoms with Gasteiger partial charge in [0.1, 0.15) is 6.04 Å². The first-order chi connectivity index (χ1) is 20.6. The van der Waals surface area contributed by atoms with E-state index in [2.05, 4.69) is 55.2 Å². The van der Waals surface area contributed by atoms with E-state index in [0.29, 0.717) is 31.0 Å². The van der Waals surface area contributed by atoms with Crippen LogP contribution < -0.4 is 10.6 Å². The van der Waals surface area contributed by atoms with Gasteiger partial charge in [0.05, 0.1) is 0 Å². The summed E-state index contributed by atoms with van der Waals surface area (Å²) in [4.78, 5) is 34.3. The third kappa shape index (κ3) is 9.53.